The molecule has 0 radical (unpaired) electrons. The van der Waals surface area contributed by atoms with Crippen LogP contribution in [0.4, 0.5) is 0 Å². The van der Waals surface area contributed by atoms with E-state index >= 15 is 0 Å². The Bertz CT molecular complexity index is 1170. The largest absolute Gasteiger partial charge is 0.483 e. The molecule has 3 aromatic rings. The highest BCUT2D eigenvalue weighted by Gasteiger charge is 2.31. The number of ether oxygens (including phenoxy) is 1. The number of amides is 2. The van der Waals surface area contributed by atoms with Gasteiger partial charge >= 0.3 is 0 Å². The predicted molar refractivity (Wildman–Crippen MR) is 138 cm³/mol. The second kappa shape index (κ2) is 11.1. The third-order valence-electron chi connectivity index (χ3n) is 5.34. The van der Waals surface area contributed by atoms with Crippen LogP contribution in [0, 0.1) is 0 Å². The Balaban J connectivity index is 1.87. The van der Waals surface area contributed by atoms with E-state index in [1.54, 1.807) is 18.2 Å². The molecular formula is C27H30Cl2N2O3. The highest BCUT2D eigenvalue weighted by molar-refractivity contribution is 6.35. The predicted octanol–water partition coefficient (Wildman–Crippen LogP) is 6.25. The number of nitrogens with zero attached hydrogens (tertiary/aromatic N) is 1. The van der Waals surface area contributed by atoms with Crippen LogP contribution in [0.15, 0.2) is 60.7 Å². The molecule has 3 aromatic carbocycles. The van der Waals surface area contributed by atoms with Crippen LogP contribution in [-0.4, -0.2) is 34.9 Å². The first kappa shape index (κ1) is 25.9. The average molecular weight is 501 g/mol. The van der Waals surface area contributed by atoms with Crippen LogP contribution in [0.2, 0.25) is 10.0 Å². The fourth-order valence-corrected chi connectivity index (χ4v) is 4.22. The lowest BCUT2D eigenvalue weighted by Crippen LogP contribution is -2.54. The fraction of sp³-hybridized carbons (Fsp3) is 0.333. The molecule has 0 bridgehead atoms. The summed E-state index contributed by atoms with van der Waals surface area (Å²) in [7, 11) is 0. The molecule has 3 rings (SSSR count). The lowest BCUT2D eigenvalue weighted by atomic mass is 10.1. The lowest BCUT2D eigenvalue weighted by Gasteiger charge is -2.33. The zero-order valence-electron chi connectivity index (χ0n) is 19.9. The maximum Gasteiger partial charge on any atom is 0.261 e. The molecule has 2 amide bonds. The molecule has 7 heteroatoms. The molecule has 0 saturated heterocycles. The van der Waals surface area contributed by atoms with Crippen molar-refractivity contribution in [3.05, 3.63) is 76.3 Å². The first-order valence-corrected chi connectivity index (χ1v) is 12.0. The standard InChI is InChI=1S/C27H30Cl2N2O3/c1-5-23(26(33)30-27(2,3)4)31(16-19-13-14-20(28)15-22(19)29)25(32)17-34-24-12-8-10-18-9-6-7-11-21(18)24/h6-15,23H,5,16-17H2,1-4H3,(H,30,33)/t23-/m1/s1. The average Bonchev–Trinajstić information content (AvgIpc) is 2.77. The van der Waals surface area contributed by atoms with Crippen molar-refractivity contribution in [2.24, 2.45) is 0 Å². The van der Waals surface area contributed by atoms with Crippen molar-refractivity contribution in [1.82, 2.24) is 10.2 Å². The maximum absolute atomic E-state index is 13.5. The number of hydrogen-bond donors (Lipinski definition) is 1. The highest BCUT2D eigenvalue weighted by atomic mass is 35.5. The molecule has 0 unspecified atom stereocenters. The third kappa shape index (κ3) is 6.64. The maximum atomic E-state index is 13.5. The molecule has 0 aliphatic heterocycles. The normalized spacial score (nSPS) is 12.3. The number of carbonyl (C=O) groups is 2. The van der Waals surface area contributed by atoms with Gasteiger partial charge in [-0.05, 0) is 56.3 Å². The highest BCUT2D eigenvalue weighted by Crippen LogP contribution is 2.26. The quantitative estimate of drug-likeness (QED) is 0.397. The number of hydrogen-bond acceptors (Lipinski definition) is 3. The Kier molecular flexibility index (Phi) is 8.45. The fourth-order valence-electron chi connectivity index (χ4n) is 3.75. The van der Waals surface area contributed by atoms with Crippen LogP contribution in [0.3, 0.4) is 0 Å². The number of benzene rings is 3. The Labute approximate surface area is 211 Å². The van der Waals surface area contributed by atoms with Crippen LogP contribution in [-0.2, 0) is 16.1 Å². The Morgan fingerprint density at radius 3 is 2.41 bits per heavy atom. The molecule has 0 spiro atoms. The molecule has 0 aromatic heterocycles. The van der Waals surface area contributed by atoms with Gasteiger partial charge in [0.05, 0.1) is 0 Å². The van der Waals surface area contributed by atoms with E-state index in [0.717, 1.165) is 10.8 Å². The number of rotatable bonds is 8. The summed E-state index contributed by atoms with van der Waals surface area (Å²) in [6.45, 7) is 7.54. The molecule has 0 heterocycles. The topological polar surface area (TPSA) is 58.6 Å². The van der Waals surface area contributed by atoms with E-state index in [4.69, 9.17) is 27.9 Å². The zero-order valence-corrected chi connectivity index (χ0v) is 21.4. The van der Waals surface area contributed by atoms with Crippen LogP contribution in [0.1, 0.15) is 39.7 Å². The first-order chi connectivity index (χ1) is 16.1. The van der Waals surface area contributed by atoms with Gasteiger partial charge in [-0.15, -0.1) is 0 Å². The molecule has 0 aliphatic rings. The summed E-state index contributed by atoms with van der Waals surface area (Å²) >= 11 is 12.4. The van der Waals surface area contributed by atoms with E-state index in [0.29, 0.717) is 27.8 Å². The summed E-state index contributed by atoms with van der Waals surface area (Å²) in [5.74, 6) is 0.0802. The van der Waals surface area contributed by atoms with E-state index in [9.17, 15) is 9.59 Å². The van der Waals surface area contributed by atoms with Crippen molar-refractivity contribution in [1.29, 1.82) is 0 Å². The van der Waals surface area contributed by atoms with Crippen molar-refractivity contribution in [3.63, 3.8) is 0 Å². The molecule has 1 atom stereocenters. The van der Waals surface area contributed by atoms with E-state index in [1.807, 2.05) is 70.2 Å². The van der Waals surface area contributed by atoms with Gasteiger partial charge in [-0.2, -0.15) is 0 Å². The minimum absolute atomic E-state index is 0.157. The van der Waals surface area contributed by atoms with Crippen molar-refractivity contribution in [2.75, 3.05) is 6.61 Å². The Morgan fingerprint density at radius 1 is 1.03 bits per heavy atom. The van der Waals surface area contributed by atoms with Crippen LogP contribution < -0.4 is 10.1 Å². The number of fused-ring (bicyclic) bond motifs is 1. The summed E-state index contributed by atoms with van der Waals surface area (Å²) < 4.78 is 5.95. The Morgan fingerprint density at radius 2 is 1.74 bits per heavy atom. The van der Waals surface area contributed by atoms with Gasteiger partial charge in [0, 0.05) is 27.5 Å². The van der Waals surface area contributed by atoms with Gasteiger partial charge < -0.3 is 15.0 Å². The molecule has 34 heavy (non-hydrogen) atoms. The van der Waals surface area contributed by atoms with E-state index in [1.165, 1.54) is 4.90 Å². The summed E-state index contributed by atoms with van der Waals surface area (Å²) in [4.78, 5) is 28.1. The summed E-state index contributed by atoms with van der Waals surface area (Å²) in [6.07, 6.45) is 0.438. The minimum atomic E-state index is -0.686. The van der Waals surface area contributed by atoms with Crippen molar-refractivity contribution >= 4 is 45.8 Å². The smallest absolute Gasteiger partial charge is 0.261 e. The molecule has 0 fully saturated rings. The molecular weight excluding hydrogens is 471 g/mol. The number of carbonyl (C=O) groups excluding carboxylic acids is 2. The first-order valence-electron chi connectivity index (χ1n) is 11.2. The molecule has 180 valence electrons. The number of nitrogens with one attached hydrogen (secondary N) is 1. The van der Waals surface area contributed by atoms with Crippen molar-refractivity contribution < 1.29 is 14.3 Å². The van der Waals surface area contributed by atoms with Gasteiger partial charge in [0.25, 0.3) is 5.91 Å². The summed E-state index contributed by atoms with van der Waals surface area (Å²) in [5, 5.41) is 5.87. The second-order valence-corrected chi connectivity index (χ2v) is 10.0. The molecule has 0 aliphatic carbocycles. The summed E-state index contributed by atoms with van der Waals surface area (Å²) in [6, 6.07) is 18.0. The van der Waals surface area contributed by atoms with Crippen LogP contribution in [0.25, 0.3) is 10.8 Å². The van der Waals surface area contributed by atoms with E-state index in [-0.39, 0.29) is 25.0 Å². The second-order valence-electron chi connectivity index (χ2n) is 9.19. The SMILES string of the molecule is CC[C@H](C(=O)NC(C)(C)C)N(Cc1ccc(Cl)cc1Cl)C(=O)COc1cccc2ccccc12. The van der Waals surface area contributed by atoms with Gasteiger partial charge in [-0.3, -0.25) is 9.59 Å². The third-order valence-corrected chi connectivity index (χ3v) is 5.93. The minimum Gasteiger partial charge on any atom is -0.483 e. The summed E-state index contributed by atoms with van der Waals surface area (Å²) in [5.41, 5.74) is 0.267. The zero-order chi connectivity index (χ0) is 24.9. The Hall–Kier alpha value is -2.76. The number of halogens is 2. The van der Waals surface area contributed by atoms with E-state index in [2.05, 4.69) is 5.32 Å². The van der Waals surface area contributed by atoms with Crippen LogP contribution >= 0.6 is 23.2 Å². The van der Waals surface area contributed by atoms with Crippen LogP contribution in [0.5, 0.6) is 5.75 Å². The van der Waals surface area contributed by atoms with Gasteiger partial charge in [0.15, 0.2) is 6.61 Å². The molecule has 1 N–H and O–H groups in total. The van der Waals surface area contributed by atoms with Crippen molar-refractivity contribution in [3.8, 4) is 5.75 Å². The van der Waals surface area contributed by atoms with Crippen molar-refractivity contribution in [2.45, 2.75) is 52.2 Å². The van der Waals surface area contributed by atoms with Gasteiger partial charge in [0.1, 0.15) is 11.8 Å². The van der Waals surface area contributed by atoms with E-state index < -0.39 is 11.6 Å². The lowest BCUT2D eigenvalue weighted by molar-refractivity contribution is -0.143. The van der Waals surface area contributed by atoms with Gasteiger partial charge in [-0.25, -0.2) is 0 Å². The van der Waals surface area contributed by atoms with Gasteiger partial charge in [-0.1, -0.05) is 72.6 Å². The molecule has 5 nitrogen and oxygen atoms in total. The monoisotopic (exact) mass is 500 g/mol. The molecule has 0 saturated carbocycles. The van der Waals surface area contributed by atoms with Gasteiger partial charge in [0.2, 0.25) is 5.91 Å².